The van der Waals surface area contributed by atoms with Gasteiger partial charge in [-0.05, 0) is 19.1 Å². The topological polar surface area (TPSA) is 32.8 Å². The van der Waals surface area contributed by atoms with E-state index >= 15 is 0 Å². The smallest absolute Gasteiger partial charge is 0.272 e. The van der Waals surface area contributed by atoms with Crippen LogP contribution >= 0.6 is 11.6 Å². The zero-order chi connectivity index (χ0) is 14.5. The summed E-state index contributed by atoms with van der Waals surface area (Å²) in [4.78, 5) is 15.1. The minimum absolute atomic E-state index is 0.465. The van der Waals surface area contributed by atoms with Gasteiger partial charge in [0.1, 0.15) is 5.75 Å². The Morgan fingerprint density at radius 2 is 2.00 bits per heavy atom. The Morgan fingerprint density at radius 3 is 2.60 bits per heavy atom. The van der Waals surface area contributed by atoms with E-state index in [1.54, 1.807) is 0 Å². The van der Waals surface area contributed by atoms with E-state index in [4.69, 9.17) is 16.3 Å². The van der Waals surface area contributed by atoms with Gasteiger partial charge in [-0.2, -0.15) is 0 Å². The van der Waals surface area contributed by atoms with Crippen LogP contribution < -0.4 is 9.64 Å². The average Bonchev–Trinajstić information content (AvgIpc) is 2.47. The Kier molecular flexibility index (Phi) is 5.06. The van der Waals surface area contributed by atoms with Gasteiger partial charge in [0.05, 0.1) is 12.3 Å². The van der Waals surface area contributed by atoms with Crippen LogP contribution in [0.5, 0.6) is 5.75 Å². The zero-order valence-corrected chi connectivity index (χ0v) is 12.1. The lowest BCUT2D eigenvalue weighted by atomic mass is 10.2. The number of nitrogens with zero attached hydrogens (tertiary/aromatic N) is 2. The van der Waals surface area contributed by atoms with Crippen molar-refractivity contribution in [2.75, 3.05) is 37.7 Å². The maximum Gasteiger partial charge on any atom is 0.272 e. The van der Waals surface area contributed by atoms with Crippen molar-refractivity contribution in [2.24, 2.45) is 0 Å². The maximum atomic E-state index is 12.8. The van der Waals surface area contributed by atoms with Crippen molar-refractivity contribution in [2.45, 2.75) is 12.6 Å². The highest BCUT2D eigenvalue weighted by molar-refractivity contribution is 6.29. The second-order valence-electron chi connectivity index (χ2n) is 4.51. The SMILES string of the molecule is CCOc1ccccc1N1CCN(C(=O)C(F)Cl)CC1. The molecule has 1 heterocycles. The molecule has 1 aliphatic heterocycles. The van der Waals surface area contributed by atoms with Crippen molar-refractivity contribution in [1.29, 1.82) is 0 Å². The highest BCUT2D eigenvalue weighted by Gasteiger charge is 2.26. The average molecular weight is 301 g/mol. The molecule has 0 aliphatic carbocycles. The van der Waals surface area contributed by atoms with Crippen LogP contribution in [0.2, 0.25) is 0 Å². The standard InChI is InChI=1S/C14H18ClFN2O2/c1-2-20-12-6-4-3-5-11(12)17-7-9-18(10-8-17)14(19)13(15)16/h3-6,13H,2,7-10H2,1H3. The van der Waals surface area contributed by atoms with Crippen molar-refractivity contribution in [1.82, 2.24) is 4.90 Å². The monoisotopic (exact) mass is 300 g/mol. The van der Waals surface area contributed by atoms with E-state index in [1.165, 1.54) is 4.90 Å². The van der Waals surface area contributed by atoms with Gasteiger partial charge >= 0.3 is 0 Å². The molecule has 6 heteroatoms. The first-order valence-electron chi connectivity index (χ1n) is 6.67. The Bertz CT molecular complexity index is 462. The van der Waals surface area contributed by atoms with Crippen molar-refractivity contribution >= 4 is 23.2 Å². The molecule has 4 nitrogen and oxygen atoms in total. The molecule has 0 N–H and O–H groups in total. The number of carbonyl (C=O) groups is 1. The molecule has 1 amide bonds. The third-order valence-corrected chi connectivity index (χ3v) is 3.47. The molecular formula is C14H18ClFN2O2. The third-order valence-electron chi connectivity index (χ3n) is 3.28. The second-order valence-corrected chi connectivity index (χ2v) is 4.90. The van der Waals surface area contributed by atoms with Crippen molar-refractivity contribution in [3.8, 4) is 5.75 Å². The van der Waals surface area contributed by atoms with E-state index in [9.17, 15) is 9.18 Å². The van der Waals surface area contributed by atoms with Crippen LogP contribution in [0.4, 0.5) is 10.1 Å². The van der Waals surface area contributed by atoms with Gasteiger partial charge in [0.25, 0.3) is 11.5 Å². The van der Waals surface area contributed by atoms with E-state index in [1.807, 2.05) is 31.2 Å². The number of amides is 1. The minimum Gasteiger partial charge on any atom is -0.492 e. The molecule has 1 unspecified atom stereocenters. The summed E-state index contributed by atoms with van der Waals surface area (Å²) in [5.74, 6) is 0.180. The Labute approximate surface area is 123 Å². The fourth-order valence-electron chi connectivity index (χ4n) is 2.30. The predicted octanol–water partition coefficient (Wildman–Crippen LogP) is 2.27. The number of rotatable bonds is 4. The number of carbonyl (C=O) groups excluding carboxylic acids is 1. The number of hydrogen-bond donors (Lipinski definition) is 0. The highest BCUT2D eigenvalue weighted by Crippen LogP contribution is 2.28. The summed E-state index contributed by atoms with van der Waals surface area (Å²) >= 11 is 5.19. The summed E-state index contributed by atoms with van der Waals surface area (Å²) in [5.41, 5.74) is -0.943. The maximum absolute atomic E-state index is 12.8. The third kappa shape index (κ3) is 3.33. The molecule has 1 fully saturated rings. The van der Waals surface area contributed by atoms with Gasteiger partial charge in [0, 0.05) is 26.2 Å². The predicted molar refractivity (Wildman–Crippen MR) is 77.2 cm³/mol. The number of para-hydroxylation sites is 2. The van der Waals surface area contributed by atoms with Gasteiger partial charge in [-0.1, -0.05) is 23.7 Å². The second kappa shape index (κ2) is 6.79. The molecule has 110 valence electrons. The summed E-state index contributed by atoms with van der Waals surface area (Å²) < 4.78 is 18.4. The van der Waals surface area contributed by atoms with E-state index in [0.717, 1.165) is 11.4 Å². The van der Waals surface area contributed by atoms with Crippen LogP contribution in [0.3, 0.4) is 0 Å². The lowest BCUT2D eigenvalue weighted by molar-refractivity contribution is -0.133. The summed E-state index contributed by atoms with van der Waals surface area (Å²) in [6.07, 6.45) is 0. The molecule has 1 atom stereocenters. The number of benzene rings is 1. The molecule has 2 rings (SSSR count). The Balaban J connectivity index is 2.02. The lowest BCUT2D eigenvalue weighted by Gasteiger charge is -2.36. The lowest BCUT2D eigenvalue weighted by Crippen LogP contribution is -2.50. The van der Waals surface area contributed by atoms with Crippen LogP contribution in [-0.2, 0) is 4.79 Å². The van der Waals surface area contributed by atoms with Crippen LogP contribution in [0.25, 0.3) is 0 Å². The molecule has 0 spiro atoms. The quantitative estimate of drug-likeness (QED) is 0.800. The molecule has 1 aromatic carbocycles. The summed E-state index contributed by atoms with van der Waals surface area (Å²) in [6.45, 7) is 4.75. The number of anilines is 1. The fraction of sp³-hybridized carbons (Fsp3) is 0.500. The zero-order valence-electron chi connectivity index (χ0n) is 11.4. The number of halogens is 2. The van der Waals surface area contributed by atoms with Crippen LogP contribution in [-0.4, -0.2) is 49.2 Å². The largest absolute Gasteiger partial charge is 0.492 e. The first-order valence-corrected chi connectivity index (χ1v) is 7.11. The Morgan fingerprint density at radius 1 is 1.35 bits per heavy atom. The molecule has 1 aliphatic rings. The molecule has 0 saturated carbocycles. The van der Waals surface area contributed by atoms with E-state index in [2.05, 4.69) is 4.90 Å². The van der Waals surface area contributed by atoms with E-state index in [-0.39, 0.29) is 0 Å². The molecule has 1 aromatic rings. The number of hydrogen-bond acceptors (Lipinski definition) is 3. The molecule has 0 radical (unpaired) electrons. The van der Waals surface area contributed by atoms with Crippen LogP contribution in [0.15, 0.2) is 24.3 Å². The molecule has 0 aromatic heterocycles. The summed E-state index contributed by atoms with van der Waals surface area (Å²) in [5, 5.41) is 0. The van der Waals surface area contributed by atoms with E-state index < -0.39 is 11.5 Å². The van der Waals surface area contributed by atoms with Gasteiger partial charge in [-0.15, -0.1) is 0 Å². The van der Waals surface area contributed by atoms with Crippen molar-refractivity contribution < 1.29 is 13.9 Å². The normalized spacial score (nSPS) is 16.9. The van der Waals surface area contributed by atoms with Gasteiger partial charge in [0.15, 0.2) is 0 Å². The highest BCUT2D eigenvalue weighted by atomic mass is 35.5. The fourth-order valence-corrected chi connectivity index (χ4v) is 2.44. The van der Waals surface area contributed by atoms with E-state index in [0.29, 0.717) is 32.8 Å². The molecule has 1 saturated heterocycles. The number of piperazine rings is 1. The first-order chi connectivity index (χ1) is 9.63. The summed E-state index contributed by atoms with van der Waals surface area (Å²) in [7, 11) is 0. The van der Waals surface area contributed by atoms with Crippen molar-refractivity contribution in [3.05, 3.63) is 24.3 Å². The molecular weight excluding hydrogens is 283 g/mol. The van der Waals surface area contributed by atoms with Crippen LogP contribution in [0, 0.1) is 0 Å². The van der Waals surface area contributed by atoms with Gasteiger partial charge in [0.2, 0.25) is 0 Å². The summed E-state index contributed by atoms with van der Waals surface area (Å²) in [6, 6.07) is 7.79. The van der Waals surface area contributed by atoms with Gasteiger partial charge in [-0.25, -0.2) is 4.39 Å². The van der Waals surface area contributed by atoms with Gasteiger partial charge < -0.3 is 14.5 Å². The van der Waals surface area contributed by atoms with Crippen molar-refractivity contribution in [3.63, 3.8) is 0 Å². The molecule has 20 heavy (non-hydrogen) atoms. The number of ether oxygens (including phenoxy) is 1. The van der Waals surface area contributed by atoms with Crippen LogP contribution in [0.1, 0.15) is 6.92 Å². The number of alkyl halides is 2. The minimum atomic E-state index is -1.95. The Hall–Kier alpha value is -1.49. The molecule has 0 bridgehead atoms. The van der Waals surface area contributed by atoms with Gasteiger partial charge in [-0.3, -0.25) is 4.79 Å². The first kappa shape index (κ1) is 14.9.